The van der Waals surface area contributed by atoms with Gasteiger partial charge in [0.15, 0.2) is 0 Å². The van der Waals surface area contributed by atoms with Crippen LogP contribution >= 0.6 is 0 Å². The fraction of sp³-hybridized carbons (Fsp3) is 0.182. The number of benzene rings is 1. The Labute approximate surface area is 87.4 Å². The molecule has 1 aromatic rings. The third-order valence-corrected chi connectivity index (χ3v) is 1.87. The summed E-state index contributed by atoms with van der Waals surface area (Å²) in [5, 5.41) is 18.8. The van der Waals surface area contributed by atoms with Gasteiger partial charge in [-0.3, -0.25) is 0 Å². The van der Waals surface area contributed by atoms with Gasteiger partial charge in [-0.1, -0.05) is 12.2 Å². The SMILES string of the molecule is C/C=C/c1cc(O)cc(O)c1C(=O)OC. The Bertz CT molecular complexity index is 407. The van der Waals surface area contributed by atoms with Crippen molar-refractivity contribution in [3.05, 3.63) is 29.3 Å². The Morgan fingerprint density at radius 1 is 1.40 bits per heavy atom. The van der Waals surface area contributed by atoms with E-state index in [0.29, 0.717) is 5.56 Å². The molecule has 0 fully saturated rings. The maximum absolute atomic E-state index is 11.3. The number of ether oxygens (including phenoxy) is 1. The number of esters is 1. The van der Waals surface area contributed by atoms with Crippen LogP contribution in [0.3, 0.4) is 0 Å². The highest BCUT2D eigenvalue weighted by Gasteiger charge is 2.16. The number of hydrogen-bond acceptors (Lipinski definition) is 4. The van der Waals surface area contributed by atoms with E-state index in [1.807, 2.05) is 0 Å². The number of carbonyl (C=O) groups excluding carboxylic acids is 1. The van der Waals surface area contributed by atoms with Crippen LogP contribution in [0.5, 0.6) is 11.5 Å². The molecule has 0 aromatic heterocycles. The molecule has 0 spiro atoms. The van der Waals surface area contributed by atoms with E-state index >= 15 is 0 Å². The van der Waals surface area contributed by atoms with Crippen LogP contribution in [0.2, 0.25) is 0 Å². The molecule has 1 aromatic carbocycles. The van der Waals surface area contributed by atoms with Crippen molar-refractivity contribution < 1.29 is 19.7 Å². The summed E-state index contributed by atoms with van der Waals surface area (Å²) in [5.74, 6) is -1.04. The first-order valence-corrected chi connectivity index (χ1v) is 4.37. The van der Waals surface area contributed by atoms with Crippen LogP contribution in [0.4, 0.5) is 0 Å². The molecule has 0 atom stereocenters. The molecule has 0 unspecified atom stereocenters. The average molecular weight is 208 g/mol. The van der Waals surface area contributed by atoms with Crippen LogP contribution in [0.1, 0.15) is 22.8 Å². The van der Waals surface area contributed by atoms with E-state index in [9.17, 15) is 15.0 Å². The van der Waals surface area contributed by atoms with Crippen LogP contribution in [0.25, 0.3) is 6.08 Å². The first-order valence-electron chi connectivity index (χ1n) is 4.37. The average Bonchev–Trinajstić information content (AvgIpc) is 2.16. The van der Waals surface area contributed by atoms with Crippen molar-refractivity contribution >= 4 is 12.0 Å². The Kier molecular flexibility index (Phi) is 3.33. The van der Waals surface area contributed by atoms with Crippen molar-refractivity contribution in [2.45, 2.75) is 6.92 Å². The van der Waals surface area contributed by atoms with E-state index in [1.54, 1.807) is 19.1 Å². The molecular weight excluding hydrogens is 196 g/mol. The maximum Gasteiger partial charge on any atom is 0.342 e. The standard InChI is InChI=1S/C11H12O4/c1-3-4-7-5-8(12)6-9(13)10(7)11(14)15-2/h3-6,12-13H,1-2H3/b4-3+. The lowest BCUT2D eigenvalue weighted by atomic mass is 10.1. The molecule has 2 N–H and O–H groups in total. The van der Waals surface area contributed by atoms with Gasteiger partial charge in [0, 0.05) is 6.07 Å². The molecule has 0 aliphatic carbocycles. The Morgan fingerprint density at radius 2 is 2.07 bits per heavy atom. The zero-order valence-electron chi connectivity index (χ0n) is 8.52. The zero-order chi connectivity index (χ0) is 11.4. The lowest BCUT2D eigenvalue weighted by Gasteiger charge is -2.07. The normalized spacial score (nSPS) is 10.5. The van der Waals surface area contributed by atoms with Crippen LogP contribution in [0, 0.1) is 0 Å². The van der Waals surface area contributed by atoms with E-state index < -0.39 is 5.97 Å². The molecule has 0 radical (unpaired) electrons. The predicted molar refractivity (Wildman–Crippen MR) is 55.8 cm³/mol. The number of phenolic OH excluding ortho intramolecular Hbond substituents is 2. The highest BCUT2D eigenvalue weighted by molar-refractivity contribution is 5.96. The second-order valence-corrected chi connectivity index (χ2v) is 2.92. The first-order chi connectivity index (χ1) is 7.10. The molecule has 0 saturated heterocycles. The monoisotopic (exact) mass is 208 g/mol. The second kappa shape index (κ2) is 4.50. The molecule has 0 bridgehead atoms. The van der Waals surface area contributed by atoms with Crippen molar-refractivity contribution in [3.8, 4) is 11.5 Å². The quantitative estimate of drug-likeness (QED) is 0.728. The maximum atomic E-state index is 11.3. The molecular formula is C11H12O4. The molecule has 0 saturated carbocycles. The van der Waals surface area contributed by atoms with E-state index in [4.69, 9.17) is 0 Å². The van der Waals surface area contributed by atoms with E-state index in [0.717, 1.165) is 6.07 Å². The van der Waals surface area contributed by atoms with Gasteiger partial charge in [-0.05, 0) is 18.6 Å². The van der Waals surface area contributed by atoms with Gasteiger partial charge >= 0.3 is 5.97 Å². The van der Waals surface area contributed by atoms with Crippen LogP contribution < -0.4 is 0 Å². The first kappa shape index (κ1) is 11.1. The molecule has 1 rings (SSSR count). The Balaban J connectivity index is 3.39. The van der Waals surface area contributed by atoms with Gasteiger partial charge < -0.3 is 14.9 Å². The highest BCUT2D eigenvalue weighted by Crippen LogP contribution is 2.28. The molecule has 80 valence electrons. The van der Waals surface area contributed by atoms with E-state index in [-0.39, 0.29) is 17.1 Å². The third kappa shape index (κ3) is 2.28. The number of rotatable bonds is 2. The van der Waals surface area contributed by atoms with Gasteiger partial charge in [0.1, 0.15) is 17.1 Å². The molecule has 4 nitrogen and oxygen atoms in total. The van der Waals surface area contributed by atoms with E-state index in [1.165, 1.54) is 13.2 Å². The van der Waals surface area contributed by atoms with Gasteiger partial charge in [0.2, 0.25) is 0 Å². The van der Waals surface area contributed by atoms with Crippen molar-refractivity contribution in [2.75, 3.05) is 7.11 Å². The summed E-state index contributed by atoms with van der Waals surface area (Å²) in [6.07, 6.45) is 3.30. The number of carbonyl (C=O) groups is 1. The summed E-state index contributed by atoms with van der Waals surface area (Å²) < 4.78 is 4.53. The largest absolute Gasteiger partial charge is 0.508 e. The smallest absolute Gasteiger partial charge is 0.342 e. The number of hydrogen-bond donors (Lipinski definition) is 2. The molecule has 0 heterocycles. The minimum Gasteiger partial charge on any atom is -0.508 e. The predicted octanol–water partition coefficient (Wildman–Crippen LogP) is 1.92. The van der Waals surface area contributed by atoms with Crippen LogP contribution in [-0.2, 0) is 4.74 Å². The van der Waals surface area contributed by atoms with Crippen molar-refractivity contribution in [1.82, 2.24) is 0 Å². The fourth-order valence-electron chi connectivity index (χ4n) is 1.27. The van der Waals surface area contributed by atoms with Gasteiger partial charge in [-0.25, -0.2) is 4.79 Å². The van der Waals surface area contributed by atoms with Gasteiger partial charge in [0.05, 0.1) is 7.11 Å². The minimum absolute atomic E-state index is 0.0494. The molecule has 0 amide bonds. The van der Waals surface area contributed by atoms with Gasteiger partial charge in [0.25, 0.3) is 0 Å². The molecule has 0 aliphatic heterocycles. The van der Waals surface area contributed by atoms with Crippen molar-refractivity contribution in [2.24, 2.45) is 0 Å². The minimum atomic E-state index is -0.638. The highest BCUT2D eigenvalue weighted by atomic mass is 16.5. The topological polar surface area (TPSA) is 66.8 Å². The summed E-state index contributed by atoms with van der Waals surface area (Å²) >= 11 is 0. The molecule has 4 heteroatoms. The lowest BCUT2D eigenvalue weighted by molar-refractivity contribution is 0.0597. The second-order valence-electron chi connectivity index (χ2n) is 2.92. The number of allylic oxidation sites excluding steroid dienone is 1. The van der Waals surface area contributed by atoms with Crippen molar-refractivity contribution in [3.63, 3.8) is 0 Å². The van der Waals surface area contributed by atoms with Gasteiger partial charge in [-0.2, -0.15) is 0 Å². The summed E-state index contributed by atoms with van der Waals surface area (Å²) in [4.78, 5) is 11.3. The van der Waals surface area contributed by atoms with Crippen LogP contribution in [0.15, 0.2) is 18.2 Å². The van der Waals surface area contributed by atoms with Gasteiger partial charge in [-0.15, -0.1) is 0 Å². The molecule has 15 heavy (non-hydrogen) atoms. The summed E-state index contributed by atoms with van der Waals surface area (Å²) in [6, 6.07) is 2.48. The number of phenols is 2. The van der Waals surface area contributed by atoms with E-state index in [2.05, 4.69) is 4.74 Å². The summed E-state index contributed by atoms with van der Waals surface area (Å²) in [5.41, 5.74) is 0.468. The summed E-state index contributed by atoms with van der Waals surface area (Å²) in [7, 11) is 1.23. The number of aromatic hydroxyl groups is 2. The molecule has 0 aliphatic rings. The van der Waals surface area contributed by atoms with Crippen molar-refractivity contribution in [1.29, 1.82) is 0 Å². The number of methoxy groups -OCH3 is 1. The van der Waals surface area contributed by atoms with Crippen LogP contribution in [-0.4, -0.2) is 23.3 Å². The summed E-state index contributed by atoms with van der Waals surface area (Å²) in [6.45, 7) is 1.77. The Hall–Kier alpha value is -1.97. The fourth-order valence-corrected chi connectivity index (χ4v) is 1.27. The third-order valence-electron chi connectivity index (χ3n) is 1.87. The zero-order valence-corrected chi connectivity index (χ0v) is 8.52. The Morgan fingerprint density at radius 3 is 2.60 bits per heavy atom. The lowest BCUT2D eigenvalue weighted by Crippen LogP contribution is -2.04.